The molecule has 132 valence electrons. The lowest BCUT2D eigenvalue weighted by Crippen LogP contribution is -2.28. The van der Waals surface area contributed by atoms with Gasteiger partial charge in [0.05, 0.1) is 23.0 Å². The van der Waals surface area contributed by atoms with Gasteiger partial charge in [0, 0.05) is 12.6 Å². The molecule has 0 radical (unpaired) electrons. The van der Waals surface area contributed by atoms with Crippen molar-refractivity contribution in [2.75, 3.05) is 33.4 Å². The van der Waals surface area contributed by atoms with E-state index in [2.05, 4.69) is 4.74 Å². The van der Waals surface area contributed by atoms with E-state index in [1.807, 2.05) is 18.7 Å². The summed E-state index contributed by atoms with van der Waals surface area (Å²) < 4.78 is 9.96. The van der Waals surface area contributed by atoms with Crippen molar-refractivity contribution in [1.29, 1.82) is 0 Å². The van der Waals surface area contributed by atoms with Gasteiger partial charge in [0.2, 0.25) is 5.75 Å². The van der Waals surface area contributed by atoms with Crippen LogP contribution in [0.15, 0.2) is 12.1 Å². The number of likely N-dealkylation sites (N-methyl/N-ethyl adjacent to an activating group) is 1. The standard InChI is InChI=1S/C14H19N3O7/c1-4-15(5-2)6-7-24-13-11(14(18)23-3)8-10(16(19)20)9-12(13)17(21)22/h8-9H,4-7H2,1-3H3. The lowest BCUT2D eigenvalue weighted by Gasteiger charge is -2.18. The summed E-state index contributed by atoms with van der Waals surface area (Å²) in [4.78, 5) is 34.3. The Hall–Kier alpha value is -2.75. The monoisotopic (exact) mass is 341 g/mol. The molecule has 10 nitrogen and oxygen atoms in total. The molecule has 0 unspecified atom stereocenters. The van der Waals surface area contributed by atoms with E-state index in [1.165, 1.54) is 0 Å². The van der Waals surface area contributed by atoms with Crippen molar-refractivity contribution < 1.29 is 24.1 Å². The highest BCUT2D eigenvalue weighted by Crippen LogP contribution is 2.36. The number of nitrogens with zero attached hydrogens (tertiary/aromatic N) is 3. The van der Waals surface area contributed by atoms with Crippen LogP contribution >= 0.6 is 0 Å². The maximum atomic E-state index is 11.8. The molecule has 24 heavy (non-hydrogen) atoms. The lowest BCUT2D eigenvalue weighted by atomic mass is 10.1. The average Bonchev–Trinajstić information content (AvgIpc) is 2.57. The summed E-state index contributed by atoms with van der Waals surface area (Å²) in [5, 5.41) is 22.1. The molecule has 0 atom stereocenters. The van der Waals surface area contributed by atoms with Crippen LogP contribution < -0.4 is 4.74 Å². The van der Waals surface area contributed by atoms with E-state index in [1.54, 1.807) is 0 Å². The highest BCUT2D eigenvalue weighted by Gasteiger charge is 2.29. The minimum atomic E-state index is -0.945. The van der Waals surface area contributed by atoms with E-state index in [9.17, 15) is 25.0 Å². The van der Waals surface area contributed by atoms with E-state index in [0.717, 1.165) is 32.3 Å². The van der Waals surface area contributed by atoms with Gasteiger partial charge in [-0.2, -0.15) is 0 Å². The number of hydrogen-bond acceptors (Lipinski definition) is 8. The van der Waals surface area contributed by atoms with E-state index in [4.69, 9.17) is 4.74 Å². The summed E-state index contributed by atoms with van der Waals surface area (Å²) in [5.41, 5.74) is -1.58. The van der Waals surface area contributed by atoms with Crippen LogP contribution in [0.4, 0.5) is 11.4 Å². The van der Waals surface area contributed by atoms with Crippen LogP contribution in [-0.4, -0.2) is 54.1 Å². The molecular weight excluding hydrogens is 322 g/mol. The number of carbonyl (C=O) groups excluding carboxylic acids is 1. The molecule has 0 heterocycles. The van der Waals surface area contributed by atoms with Crippen molar-refractivity contribution in [3.8, 4) is 5.75 Å². The number of non-ortho nitro benzene ring substituents is 1. The fourth-order valence-corrected chi connectivity index (χ4v) is 2.07. The normalized spacial score (nSPS) is 10.5. The molecule has 0 fully saturated rings. The van der Waals surface area contributed by atoms with Crippen LogP contribution in [0.3, 0.4) is 0 Å². The van der Waals surface area contributed by atoms with Crippen molar-refractivity contribution in [3.05, 3.63) is 37.9 Å². The Morgan fingerprint density at radius 1 is 1.17 bits per heavy atom. The minimum absolute atomic E-state index is 0.0876. The molecule has 0 bridgehead atoms. The number of nitro benzene ring substituents is 2. The molecule has 10 heteroatoms. The first-order valence-corrected chi connectivity index (χ1v) is 7.25. The van der Waals surface area contributed by atoms with Crippen molar-refractivity contribution in [2.24, 2.45) is 0 Å². The fraction of sp³-hybridized carbons (Fsp3) is 0.500. The van der Waals surface area contributed by atoms with Crippen LogP contribution in [-0.2, 0) is 4.74 Å². The molecule has 0 N–H and O–H groups in total. The molecule has 0 aliphatic heterocycles. The van der Waals surface area contributed by atoms with Gasteiger partial charge in [-0.3, -0.25) is 20.2 Å². The number of nitro groups is 2. The molecule has 1 aromatic carbocycles. The molecule has 0 saturated heterocycles. The second-order valence-electron chi connectivity index (χ2n) is 4.72. The predicted molar refractivity (Wildman–Crippen MR) is 84.4 cm³/mol. The SMILES string of the molecule is CCN(CC)CCOc1c(C(=O)OC)cc([N+](=O)[O-])cc1[N+](=O)[O-]. The van der Waals surface area contributed by atoms with Gasteiger partial charge < -0.3 is 14.4 Å². The molecule has 0 saturated carbocycles. The first kappa shape index (κ1) is 19.3. The van der Waals surface area contributed by atoms with Crippen LogP contribution in [0.2, 0.25) is 0 Å². The molecule has 0 aliphatic rings. The third-order valence-corrected chi connectivity index (χ3v) is 3.42. The van der Waals surface area contributed by atoms with Crippen molar-refractivity contribution >= 4 is 17.3 Å². The first-order valence-electron chi connectivity index (χ1n) is 7.25. The Morgan fingerprint density at radius 2 is 1.79 bits per heavy atom. The quantitative estimate of drug-likeness (QED) is 0.379. The third-order valence-electron chi connectivity index (χ3n) is 3.42. The van der Waals surface area contributed by atoms with E-state index in [-0.39, 0.29) is 17.9 Å². The Kier molecular flexibility index (Phi) is 7.05. The molecular formula is C14H19N3O7. The number of benzene rings is 1. The van der Waals surface area contributed by atoms with Gasteiger partial charge in [-0.25, -0.2) is 4.79 Å². The summed E-state index contributed by atoms with van der Waals surface area (Å²) in [6, 6.07) is 1.67. The second kappa shape index (κ2) is 8.77. The van der Waals surface area contributed by atoms with Gasteiger partial charge in [0.1, 0.15) is 12.2 Å². The number of carbonyl (C=O) groups is 1. The van der Waals surface area contributed by atoms with Crippen LogP contribution in [0, 0.1) is 20.2 Å². The van der Waals surface area contributed by atoms with Crippen LogP contribution in [0.25, 0.3) is 0 Å². The molecule has 1 aromatic rings. The van der Waals surface area contributed by atoms with Crippen LogP contribution in [0.1, 0.15) is 24.2 Å². The van der Waals surface area contributed by atoms with Crippen molar-refractivity contribution in [3.63, 3.8) is 0 Å². The summed E-state index contributed by atoms with van der Waals surface area (Å²) in [7, 11) is 1.08. The molecule has 0 aliphatic carbocycles. The largest absolute Gasteiger partial charge is 0.485 e. The summed E-state index contributed by atoms with van der Waals surface area (Å²) in [6.07, 6.45) is 0. The zero-order chi connectivity index (χ0) is 18.3. The van der Waals surface area contributed by atoms with E-state index >= 15 is 0 Å². The van der Waals surface area contributed by atoms with Crippen molar-refractivity contribution in [1.82, 2.24) is 4.90 Å². The van der Waals surface area contributed by atoms with Gasteiger partial charge in [-0.15, -0.1) is 0 Å². The number of rotatable bonds is 9. The fourth-order valence-electron chi connectivity index (χ4n) is 2.07. The molecule has 1 rings (SSSR count). The maximum Gasteiger partial charge on any atom is 0.342 e. The number of ether oxygens (including phenoxy) is 2. The summed E-state index contributed by atoms with van der Waals surface area (Å²) in [6.45, 7) is 6.03. The zero-order valence-corrected chi connectivity index (χ0v) is 13.7. The van der Waals surface area contributed by atoms with E-state index in [0.29, 0.717) is 6.54 Å². The van der Waals surface area contributed by atoms with E-state index < -0.39 is 27.2 Å². The Labute approximate surface area is 138 Å². The van der Waals surface area contributed by atoms with Gasteiger partial charge in [-0.05, 0) is 13.1 Å². The maximum absolute atomic E-state index is 11.8. The number of methoxy groups -OCH3 is 1. The number of hydrogen-bond donors (Lipinski definition) is 0. The first-order chi connectivity index (χ1) is 11.3. The third kappa shape index (κ3) is 4.62. The smallest absolute Gasteiger partial charge is 0.342 e. The van der Waals surface area contributed by atoms with Crippen molar-refractivity contribution in [2.45, 2.75) is 13.8 Å². The molecule has 0 aromatic heterocycles. The molecule has 0 spiro atoms. The van der Waals surface area contributed by atoms with Gasteiger partial charge in [0.15, 0.2) is 0 Å². The van der Waals surface area contributed by atoms with Gasteiger partial charge in [0.25, 0.3) is 5.69 Å². The minimum Gasteiger partial charge on any atom is -0.485 e. The average molecular weight is 341 g/mol. The summed E-state index contributed by atoms with van der Waals surface area (Å²) in [5.74, 6) is -1.27. The Balaban J connectivity index is 3.25. The number of esters is 1. The predicted octanol–water partition coefficient (Wildman–Crippen LogP) is 2.01. The van der Waals surface area contributed by atoms with Crippen LogP contribution in [0.5, 0.6) is 5.75 Å². The highest BCUT2D eigenvalue weighted by atomic mass is 16.6. The summed E-state index contributed by atoms with van der Waals surface area (Å²) >= 11 is 0. The Bertz CT molecular complexity index is 629. The van der Waals surface area contributed by atoms with Gasteiger partial charge in [-0.1, -0.05) is 13.8 Å². The molecule has 0 amide bonds. The van der Waals surface area contributed by atoms with Gasteiger partial charge >= 0.3 is 11.7 Å². The second-order valence-corrected chi connectivity index (χ2v) is 4.72. The Morgan fingerprint density at radius 3 is 2.25 bits per heavy atom. The highest BCUT2D eigenvalue weighted by molar-refractivity contribution is 5.95. The zero-order valence-electron chi connectivity index (χ0n) is 13.7. The topological polar surface area (TPSA) is 125 Å². The lowest BCUT2D eigenvalue weighted by molar-refractivity contribution is -0.394.